The van der Waals surface area contributed by atoms with Crippen LogP contribution in [0.3, 0.4) is 0 Å². The third-order valence-corrected chi connectivity index (χ3v) is 3.49. The number of para-hydroxylation sites is 1. The molecule has 0 unspecified atom stereocenters. The van der Waals surface area contributed by atoms with Crippen molar-refractivity contribution < 1.29 is 19.6 Å². The lowest BCUT2D eigenvalue weighted by molar-refractivity contribution is -0.385. The van der Waals surface area contributed by atoms with Gasteiger partial charge >= 0.3 is 5.97 Å². The maximum atomic E-state index is 12.2. The molecule has 0 fully saturated rings. The van der Waals surface area contributed by atoms with Gasteiger partial charge in [0.1, 0.15) is 6.04 Å². The number of amides is 1. The predicted molar refractivity (Wildman–Crippen MR) is 86.8 cm³/mol. The average Bonchev–Trinajstić information content (AvgIpc) is 2.61. The van der Waals surface area contributed by atoms with E-state index >= 15 is 0 Å². The summed E-state index contributed by atoms with van der Waals surface area (Å²) >= 11 is 0. The monoisotopic (exact) mass is 339 g/mol. The van der Waals surface area contributed by atoms with E-state index < -0.39 is 22.8 Å². The molecule has 126 valence electrons. The SMILES string of the molecule is N#Cc1ccc(C(=O)N[C@@H](Cc2ccccc2[N+](=O)[O-])C(=O)O)cc1. The molecule has 0 saturated heterocycles. The summed E-state index contributed by atoms with van der Waals surface area (Å²) in [6.45, 7) is 0. The lowest BCUT2D eigenvalue weighted by Gasteiger charge is -2.15. The van der Waals surface area contributed by atoms with E-state index in [9.17, 15) is 24.8 Å². The molecule has 2 aromatic carbocycles. The lowest BCUT2D eigenvalue weighted by Crippen LogP contribution is -2.42. The third-order valence-electron chi connectivity index (χ3n) is 3.49. The Morgan fingerprint density at radius 3 is 2.40 bits per heavy atom. The number of carboxylic acid groups (broad SMARTS) is 1. The van der Waals surface area contributed by atoms with Crippen molar-refractivity contribution >= 4 is 17.6 Å². The molecule has 1 atom stereocenters. The number of nitro groups is 1. The molecule has 8 heteroatoms. The summed E-state index contributed by atoms with van der Waals surface area (Å²) in [4.78, 5) is 34.0. The Morgan fingerprint density at radius 1 is 1.20 bits per heavy atom. The number of nitriles is 1. The minimum Gasteiger partial charge on any atom is -0.480 e. The fourth-order valence-electron chi connectivity index (χ4n) is 2.22. The fraction of sp³-hybridized carbons (Fsp3) is 0.118. The summed E-state index contributed by atoms with van der Waals surface area (Å²) in [5.74, 6) is -1.95. The molecule has 0 aliphatic carbocycles. The number of nitrogens with zero attached hydrogens (tertiary/aromatic N) is 2. The van der Waals surface area contributed by atoms with E-state index in [0.29, 0.717) is 5.56 Å². The first-order valence-electron chi connectivity index (χ1n) is 7.18. The molecule has 2 aromatic rings. The Balaban J connectivity index is 2.19. The van der Waals surface area contributed by atoms with E-state index in [2.05, 4.69) is 5.32 Å². The molecule has 2 rings (SSSR count). The van der Waals surface area contributed by atoms with Crippen LogP contribution in [-0.4, -0.2) is 27.9 Å². The minimum absolute atomic E-state index is 0.188. The molecule has 0 spiro atoms. The molecule has 0 bridgehead atoms. The second-order valence-electron chi connectivity index (χ2n) is 5.14. The Kier molecular flexibility index (Phi) is 5.43. The van der Waals surface area contributed by atoms with Gasteiger partial charge in [-0.05, 0) is 24.3 Å². The number of nitro benzene ring substituents is 1. The molecule has 0 aliphatic heterocycles. The van der Waals surface area contributed by atoms with Crippen LogP contribution in [0.15, 0.2) is 48.5 Å². The van der Waals surface area contributed by atoms with Crippen LogP contribution in [0.25, 0.3) is 0 Å². The molecular formula is C17H13N3O5. The number of benzene rings is 2. The highest BCUT2D eigenvalue weighted by molar-refractivity contribution is 5.96. The standard InChI is InChI=1S/C17H13N3O5/c18-10-11-5-7-12(8-6-11)16(21)19-14(17(22)23)9-13-3-1-2-4-15(13)20(24)25/h1-8,14H,9H2,(H,19,21)(H,22,23)/t14-/m0/s1. The van der Waals surface area contributed by atoms with Crippen LogP contribution in [-0.2, 0) is 11.2 Å². The lowest BCUT2D eigenvalue weighted by atomic mass is 10.0. The number of hydrogen-bond donors (Lipinski definition) is 2. The normalized spacial score (nSPS) is 11.2. The van der Waals surface area contributed by atoms with Crippen molar-refractivity contribution in [3.63, 3.8) is 0 Å². The van der Waals surface area contributed by atoms with Crippen LogP contribution >= 0.6 is 0 Å². The van der Waals surface area contributed by atoms with Crippen LogP contribution in [0.1, 0.15) is 21.5 Å². The molecule has 1 amide bonds. The molecule has 2 N–H and O–H groups in total. The zero-order chi connectivity index (χ0) is 18.4. The summed E-state index contributed by atoms with van der Waals surface area (Å²) in [6.07, 6.45) is -0.228. The first kappa shape index (κ1) is 17.6. The summed E-state index contributed by atoms with van der Waals surface area (Å²) in [5, 5.41) is 31.4. The van der Waals surface area contributed by atoms with Gasteiger partial charge < -0.3 is 10.4 Å². The third kappa shape index (κ3) is 4.39. The molecule has 25 heavy (non-hydrogen) atoms. The maximum Gasteiger partial charge on any atom is 0.326 e. The van der Waals surface area contributed by atoms with Gasteiger partial charge in [-0.2, -0.15) is 5.26 Å². The van der Waals surface area contributed by atoms with Gasteiger partial charge in [0, 0.05) is 23.6 Å². The van der Waals surface area contributed by atoms with Gasteiger partial charge in [-0.15, -0.1) is 0 Å². The summed E-state index contributed by atoms with van der Waals surface area (Å²) in [6, 6.07) is 12.0. The zero-order valence-corrected chi connectivity index (χ0v) is 12.9. The number of carbonyl (C=O) groups excluding carboxylic acids is 1. The van der Waals surface area contributed by atoms with Gasteiger partial charge in [0.15, 0.2) is 0 Å². The number of rotatable bonds is 6. The van der Waals surface area contributed by atoms with Gasteiger partial charge in [0.2, 0.25) is 0 Å². The molecular weight excluding hydrogens is 326 g/mol. The van der Waals surface area contributed by atoms with Crippen molar-refractivity contribution in [2.24, 2.45) is 0 Å². The second kappa shape index (κ2) is 7.70. The molecule has 8 nitrogen and oxygen atoms in total. The highest BCUT2D eigenvalue weighted by Gasteiger charge is 2.24. The van der Waals surface area contributed by atoms with Crippen molar-refractivity contribution in [3.05, 3.63) is 75.3 Å². The number of nitrogens with one attached hydrogen (secondary N) is 1. The second-order valence-corrected chi connectivity index (χ2v) is 5.14. The Hall–Kier alpha value is -3.73. The quantitative estimate of drug-likeness (QED) is 0.610. The molecule has 0 aliphatic rings. The van der Waals surface area contributed by atoms with E-state index in [1.54, 1.807) is 6.07 Å². The smallest absolute Gasteiger partial charge is 0.326 e. The summed E-state index contributed by atoms with van der Waals surface area (Å²) in [7, 11) is 0. The number of aliphatic carboxylic acids is 1. The van der Waals surface area contributed by atoms with Crippen molar-refractivity contribution in [3.8, 4) is 6.07 Å². The van der Waals surface area contributed by atoms with Gasteiger partial charge in [-0.1, -0.05) is 18.2 Å². The van der Waals surface area contributed by atoms with Crippen molar-refractivity contribution in [1.82, 2.24) is 5.32 Å². The van der Waals surface area contributed by atoms with Crippen LogP contribution < -0.4 is 5.32 Å². The largest absolute Gasteiger partial charge is 0.480 e. The van der Waals surface area contributed by atoms with Crippen LogP contribution in [0, 0.1) is 21.4 Å². The molecule has 0 saturated carbocycles. The van der Waals surface area contributed by atoms with E-state index in [-0.39, 0.29) is 23.2 Å². The van der Waals surface area contributed by atoms with Crippen molar-refractivity contribution in [2.75, 3.05) is 0 Å². The minimum atomic E-state index is -1.33. The Bertz CT molecular complexity index is 855. The van der Waals surface area contributed by atoms with E-state index in [1.807, 2.05) is 6.07 Å². The topological polar surface area (TPSA) is 133 Å². The van der Waals surface area contributed by atoms with Crippen molar-refractivity contribution in [1.29, 1.82) is 5.26 Å². The van der Waals surface area contributed by atoms with Crippen LogP contribution in [0.4, 0.5) is 5.69 Å². The van der Waals surface area contributed by atoms with Gasteiger partial charge in [-0.3, -0.25) is 14.9 Å². The van der Waals surface area contributed by atoms with Crippen molar-refractivity contribution in [2.45, 2.75) is 12.5 Å². The highest BCUT2D eigenvalue weighted by atomic mass is 16.6. The first-order chi connectivity index (χ1) is 11.9. The maximum absolute atomic E-state index is 12.2. The van der Waals surface area contributed by atoms with E-state index in [0.717, 1.165) is 0 Å². The average molecular weight is 339 g/mol. The highest BCUT2D eigenvalue weighted by Crippen LogP contribution is 2.19. The summed E-state index contributed by atoms with van der Waals surface area (Å²) < 4.78 is 0. The number of hydrogen-bond acceptors (Lipinski definition) is 5. The first-order valence-corrected chi connectivity index (χ1v) is 7.18. The number of carbonyl (C=O) groups is 2. The van der Waals surface area contributed by atoms with E-state index in [1.165, 1.54) is 42.5 Å². The Morgan fingerprint density at radius 2 is 1.84 bits per heavy atom. The summed E-state index contributed by atoms with van der Waals surface area (Å²) in [5.41, 5.74) is 0.556. The molecule has 0 aromatic heterocycles. The van der Waals surface area contributed by atoms with Gasteiger partial charge in [-0.25, -0.2) is 4.79 Å². The zero-order valence-electron chi connectivity index (χ0n) is 12.9. The van der Waals surface area contributed by atoms with Gasteiger partial charge in [0.25, 0.3) is 11.6 Å². The van der Waals surface area contributed by atoms with Crippen LogP contribution in [0.5, 0.6) is 0 Å². The molecule has 0 radical (unpaired) electrons. The predicted octanol–water partition coefficient (Wildman–Crippen LogP) is 1.89. The van der Waals surface area contributed by atoms with Crippen LogP contribution in [0.2, 0.25) is 0 Å². The fourth-order valence-corrected chi connectivity index (χ4v) is 2.22. The number of carboxylic acids is 1. The van der Waals surface area contributed by atoms with Gasteiger partial charge in [0.05, 0.1) is 16.6 Å². The molecule has 0 heterocycles. The Labute approximate surface area is 142 Å². The van der Waals surface area contributed by atoms with E-state index in [4.69, 9.17) is 5.26 Å².